The highest BCUT2D eigenvalue weighted by Gasteiger charge is 2.07. The molecule has 2 heterocycles. The van der Waals surface area contributed by atoms with E-state index in [-0.39, 0.29) is 0 Å². The summed E-state index contributed by atoms with van der Waals surface area (Å²) in [5.74, 6) is 0.714. The predicted octanol–water partition coefficient (Wildman–Crippen LogP) is 3.11. The van der Waals surface area contributed by atoms with Crippen molar-refractivity contribution in [3.05, 3.63) is 53.9 Å². The maximum absolute atomic E-state index is 4.56. The molecule has 0 bridgehead atoms. The summed E-state index contributed by atoms with van der Waals surface area (Å²) < 4.78 is 1.99. The molecule has 3 aromatic rings. The highest BCUT2D eigenvalue weighted by molar-refractivity contribution is 5.97. The lowest BCUT2D eigenvalue weighted by molar-refractivity contribution is 0.942. The Morgan fingerprint density at radius 3 is 2.86 bits per heavy atom. The molecule has 0 unspecified atom stereocenters. The lowest BCUT2D eigenvalue weighted by atomic mass is 10.2. The van der Waals surface area contributed by atoms with Crippen molar-refractivity contribution in [2.45, 2.75) is 13.8 Å². The molecule has 0 aliphatic heterocycles. The van der Waals surface area contributed by atoms with Gasteiger partial charge >= 0.3 is 0 Å². The van der Waals surface area contributed by atoms with Crippen LogP contribution in [0.4, 0.5) is 5.95 Å². The highest BCUT2D eigenvalue weighted by atomic mass is 15.4. The van der Waals surface area contributed by atoms with Crippen LogP contribution in [0.1, 0.15) is 18.2 Å². The van der Waals surface area contributed by atoms with Crippen LogP contribution < -0.4 is 5.43 Å². The summed E-state index contributed by atoms with van der Waals surface area (Å²) in [4.78, 5) is 8.83. The molecular weight excluding hydrogens is 262 g/mol. The van der Waals surface area contributed by atoms with Gasteiger partial charge in [0, 0.05) is 13.2 Å². The van der Waals surface area contributed by atoms with Crippen molar-refractivity contribution >= 4 is 22.7 Å². The summed E-state index contributed by atoms with van der Waals surface area (Å²) in [6.07, 6.45) is 1.76. The standard InChI is InChI=1S/C16H17N5/c1-11-7-8-15-14(10-11)18-16(21(15)3)20-19-12(2)13-6-4-5-9-17-13/h4-10H,1-3H3,(H,18,20)/b19-12+. The Hall–Kier alpha value is -2.69. The van der Waals surface area contributed by atoms with E-state index >= 15 is 0 Å². The number of aromatic nitrogens is 3. The van der Waals surface area contributed by atoms with E-state index in [0.717, 1.165) is 22.4 Å². The van der Waals surface area contributed by atoms with Gasteiger partial charge in [-0.3, -0.25) is 4.98 Å². The average Bonchev–Trinajstić information content (AvgIpc) is 2.81. The summed E-state index contributed by atoms with van der Waals surface area (Å²) in [7, 11) is 1.97. The molecule has 2 aromatic heterocycles. The largest absolute Gasteiger partial charge is 0.312 e. The summed E-state index contributed by atoms with van der Waals surface area (Å²) in [6.45, 7) is 3.98. The van der Waals surface area contributed by atoms with Crippen LogP contribution in [0.5, 0.6) is 0 Å². The van der Waals surface area contributed by atoms with Gasteiger partial charge in [-0.2, -0.15) is 5.10 Å². The molecule has 0 fully saturated rings. The van der Waals surface area contributed by atoms with E-state index in [4.69, 9.17) is 0 Å². The highest BCUT2D eigenvalue weighted by Crippen LogP contribution is 2.19. The third-order valence-corrected chi connectivity index (χ3v) is 3.40. The summed E-state index contributed by atoms with van der Waals surface area (Å²) in [5, 5.41) is 4.36. The molecule has 0 saturated carbocycles. The van der Waals surface area contributed by atoms with Crippen molar-refractivity contribution < 1.29 is 0 Å². The summed E-state index contributed by atoms with van der Waals surface area (Å²) >= 11 is 0. The van der Waals surface area contributed by atoms with Crippen LogP contribution in [0.3, 0.4) is 0 Å². The molecule has 21 heavy (non-hydrogen) atoms. The first-order chi connectivity index (χ1) is 10.1. The number of rotatable bonds is 3. The number of nitrogens with zero attached hydrogens (tertiary/aromatic N) is 4. The first-order valence-corrected chi connectivity index (χ1v) is 6.80. The van der Waals surface area contributed by atoms with Crippen molar-refractivity contribution in [1.29, 1.82) is 0 Å². The van der Waals surface area contributed by atoms with Crippen LogP contribution in [0.25, 0.3) is 11.0 Å². The first-order valence-electron chi connectivity index (χ1n) is 6.80. The lowest BCUT2D eigenvalue weighted by Gasteiger charge is -2.03. The van der Waals surface area contributed by atoms with Gasteiger partial charge in [0.15, 0.2) is 0 Å². The average molecular weight is 279 g/mol. The molecule has 106 valence electrons. The number of hydrazone groups is 1. The van der Waals surface area contributed by atoms with E-state index in [0.29, 0.717) is 5.95 Å². The normalized spacial score (nSPS) is 11.9. The Kier molecular flexibility index (Phi) is 3.39. The molecular formula is C16H17N5. The maximum atomic E-state index is 4.56. The number of hydrogen-bond acceptors (Lipinski definition) is 4. The van der Waals surface area contributed by atoms with Gasteiger partial charge in [0.2, 0.25) is 5.95 Å². The number of pyridine rings is 1. The van der Waals surface area contributed by atoms with Crippen LogP contribution in [0.15, 0.2) is 47.7 Å². The van der Waals surface area contributed by atoms with Crippen molar-refractivity contribution in [2.24, 2.45) is 12.1 Å². The minimum Gasteiger partial charge on any atom is -0.312 e. The number of nitrogens with one attached hydrogen (secondary N) is 1. The Balaban J connectivity index is 1.90. The zero-order chi connectivity index (χ0) is 14.8. The second-order valence-electron chi connectivity index (χ2n) is 5.01. The molecule has 0 amide bonds. The van der Waals surface area contributed by atoms with E-state index in [1.54, 1.807) is 6.20 Å². The zero-order valence-electron chi connectivity index (χ0n) is 12.3. The Bertz CT molecular complexity index is 802. The Morgan fingerprint density at radius 1 is 1.24 bits per heavy atom. The fourth-order valence-electron chi connectivity index (χ4n) is 2.18. The molecule has 0 aliphatic rings. The molecule has 1 aromatic carbocycles. The third-order valence-electron chi connectivity index (χ3n) is 3.40. The number of imidazole rings is 1. The quantitative estimate of drug-likeness (QED) is 0.592. The second kappa shape index (κ2) is 5.36. The molecule has 5 nitrogen and oxygen atoms in total. The SMILES string of the molecule is C/C(=N\Nc1nc2cc(C)ccc2n1C)c1ccccn1. The fourth-order valence-corrected chi connectivity index (χ4v) is 2.18. The summed E-state index contributed by atoms with van der Waals surface area (Å²) in [6, 6.07) is 12.0. The molecule has 0 spiro atoms. The maximum Gasteiger partial charge on any atom is 0.224 e. The number of hydrogen-bond donors (Lipinski definition) is 1. The molecule has 1 N–H and O–H groups in total. The van der Waals surface area contributed by atoms with Crippen LogP contribution in [-0.2, 0) is 7.05 Å². The monoisotopic (exact) mass is 279 g/mol. The number of benzene rings is 1. The second-order valence-corrected chi connectivity index (χ2v) is 5.01. The number of aryl methyl sites for hydroxylation is 2. The minimum atomic E-state index is 0.714. The van der Waals surface area contributed by atoms with Gasteiger partial charge in [-0.25, -0.2) is 10.4 Å². The number of fused-ring (bicyclic) bond motifs is 1. The van der Waals surface area contributed by atoms with Crippen LogP contribution in [-0.4, -0.2) is 20.2 Å². The zero-order valence-corrected chi connectivity index (χ0v) is 12.3. The summed E-state index contributed by atoms with van der Waals surface area (Å²) in [5.41, 5.74) is 7.92. The molecule has 3 rings (SSSR count). The van der Waals surface area contributed by atoms with Crippen molar-refractivity contribution in [3.63, 3.8) is 0 Å². The van der Waals surface area contributed by atoms with E-state index in [1.807, 2.05) is 36.7 Å². The molecule has 0 atom stereocenters. The van der Waals surface area contributed by atoms with E-state index in [2.05, 4.69) is 45.6 Å². The predicted molar refractivity (Wildman–Crippen MR) is 85.5 cm³/mol. The van der Waals surface area contributed by atoms with Gasteiger partial charge in [-0.15, -0.1) is 0 Å². The fraction of sp³-hybridized carbons (Fsp3) is 0.188. The molecule has 0 aliphatic carbocycles. The smallest absolute Gasteiger partial charge is 0.224 e. The minimum absolute atomic E-state index is 0.714. The van der Waals surface area contributed by atoms with Gasteiger partial charge in [-0.1, -0.05) is 12.1 Å². The van der Waals surface area contributed by atoms with Gasteiger partial charge < -0.3 is 4.57 Å². The van der Waals surface area contributed by atoms with E-state index < -0.39 is 0 Å². The van der Waals surface area contributed by atoms with Crippen molar-refractivity contribution in [3.8, 4) is 0 Å². The topological polar surface area (TPSA) is 55.1 Å². The molecule has 0 radical (unpaired) electrons. The van der Waals surface area contributed by atoms with Gasteiger partial charge in [-0.05, 0) is 43.7 Å². The number of anilines is 1. The van der Waals surface area contributed by atoms with Gasteiger partial charge in [0.1, 0.15) is 0 Å². The van der Waals surface area contributed by atoms with Gasteiger partial charge in [0.25, 0.3) is 0 Å². The van der Waals surface area contributed by atoms with Crippen molar-refractivity contribution in [1.82, 2.24) is 14.5 Å². The Labute approximate surface area is 123 Å². The first kappa shape index (κ1) is 13.3. The van der Waals surface area contributed by atoms with Crippen molar-refractivity contribution in [2.75, 3.05) is 5.43 Å². The van der Waals surface area contributed by atoms with Crippen LogP contribution in [0.2, 0.25) is 0 Å². The van der Waals surface area contributed by atoms with E-state index in [1.165, 1.54) is 5.56 Å². The third kappa shape index (κ3) is 2.63. The van der Waals surface area contributed by atoms with Gasteiger partial charge in [0.05, 0.1) is 22.4 Å². The molecule has 0 saturated heterocycles. The Morgan fingerprint density at radius 2 is 2.10 bits per heavy atom. The lowest BCUT2D eigenvalue weighted by Crippen LogP contribution is -2.04. The molecule has 5 heteroatoms. The van der Waals surface area contributed by atoms with Crippen LogP contribution >= 0.6 is 0 Å². The van der Waals surface area contributed by atoms with E-state index in [9.17, 15) is 0 Å². The van der Waals surface area contributed by atoms with Crippen LogP contribution in [0, 0.1) is 6.92 Å².